The summed E-state index contributed by atoms with van der Waals surface area (Å²) in [6.07, 6.45) is 3.13. The van der Waals surface area contributed by atoms with Gasteiger partial charge in [0.2, 0.25) is 10.0 Å². The number of hydrogen-bond donors (Lipinski definition) is 1. The molecule has 0 saturated carbocycles. The molecule has 0 aromatic heterocycles. The predicted molar refractivity (Wildman–Crippen MR) is 133 cm³/mol. The van der Waals surface area contributed by atoms with Crippen molar-refractivity contribution in [2.24, 2.45) is 0 Å². The Balaban J connectivity index is 1.69. The molecule has 0 bridgehead atoms. The molecule has 0 fully saturated rings. The number of rotatable bonds is 9. The highest BCUT2D eigenvalue weighted by Gasteiger charge is 2.20. The Bertz CT molecular complexity index is 1150. The predicted octanol–water partition coefficient (Wildman–Crippen LogP) is 4.91. The van der Waals surface area contributed by atoms with Gasteiger partial charge in [-0.15, -0.1) is 11.8 Å². The second-order valence-electron chi connectivity index (χ2n) is 7.66. The Morgan fingerprint density at radius 3 is 2.22 bits per heavy atom. The van der Waals surface area contributed by atoms with Crippen molar-refractivity contribution in [2.75, 3.05) is 23.4 Å². The van der Waals surface area contributed by atoms with Crippen LogP contribution in [0.3, 0.4) is 0 Å². The van der Waals surface area contributed by atoms with E-state index in [1.165, 1.54) is 27.9 Å². The monoisotopic (exact) mass is 468 g/mol. The van der Waals surface area contributed by atoms with E-state index in [2.05, 4.69) is 12.2 Å². The minimum absolute atomic E-state index is 0.146. The molecule has 1 amide bonds. The topological polar surface area (TPSA) is 66.5 Å². The van der Waals surface area contributed by atoms with E-state index in [1.54, 1.807) is 24.3 Å². The summed E-state index contributed by atoms with van der Waals surface area (Å²) in [5.41, 5.74) is 3.18. The number of thioether (sulfide) groups is 1. The zero-order chi connectivity index (χ0) is 23.1. The lowest BCUT2D eigenvalue weighted by Gasteiger charge is -2.24. The summed E-state index contributed by atoms with van der Waals surface area (Å²) >= 11 is 1.50. The van der Waals surface area contributed by atoms with Crippen LogP contribution in [-0.2, 0) is 16.6 Å². The summed E-state index contributed by atoms with van der Waals surface area (Å²) in [5.74, 6) is 0.0614. The maximum absolute atomic E-state index is 12.6. The van der Waals surface area contributed by atoms with Crippen LogP contribution in [-0.4, -0.2) is 33.4 Å². The van der Waals surface area contributed by atoms with Crippen LogP contribution in [0.25, 0.3) is 0 Å². The molecule has 0 heterocycles. The van der Waals surface area contributed by atoms with Gasteiger partial charge in [-0.1, -0.05) is 61.5 Å². The molecule has 32 heavy (non-hydrogen) atoms. The number of benzene rings is 3. The van der Waals surface area contributed by atoms with Gasteiger partial charge in [0, 0.05) is 17.0 Å². The van der Waals surface area contributed by atoms with E-state index in [4.69, 9.17) is 0 Å². The summed E-state index contributed by atoms with van der Waals surface area (Å²) in [7, 11) is -3.48. The van der Waals surface area contributed by atoms with Gasteiger partial charge < -0.3 is 5.32 Å². The fraction of sp³-hybridized carbons (Fsp3) is 0.240. The third kappa shape index (κ3) is 6.14. The van der Waals surface area contributed by atoms with E-state index in [-0.39, 0.29) is 18.4 Å². The molecule has 0 aliphatic carbocycles. The standard InChI is InChI=1S/C25H28N2O3S2/c1-19(21-9-5-4-6-10-21)17-26-25(28)22-15-13-20(14-16-22)18-27(32(3,29)30)23-11-7-8-12-24(23)31-2/h4-16,19H,17-18H2,1-3H3,(H,26,28)/t19-/m0/s1. The first-order valence-electron chi connectivity index (χ1n) is 10.3. The third-order valence-electron chi connectivity index (χ3n) is 5.23. The van der Waals surface area contributed by atoms with Gasteiger partial charge in [0.05, 0.1) is 18.5 Å². The number of sulfonamides is 1. The highest BCUT2D eigenvalue weighted by atomic mass is 32.2. The zero-order valence-corrected chi connectivity index (χ0v) is 20.1. The smallest absolute Gasteiger partial charge is 0.251 e. The Hall–Kier alpha value is -2.77. The molecule has 3 rings (SSSR count). The van der Waals surface area contributed by atoms with E-state index in [1.807, 2.05) is 60.9 Å². The number of anilines is 1. The lowest BCUT2D eigenvalue weighted by atomic mass is 10.0. The summed E-state index contributed by atoms with van der Waals surface area (Å²) in [6, 6.07) is 24.6. The van der Waals surface area contributed by atoms with E-state index in [0.29, 0.717) is 17.8 Å². The summed E-state index contributed by atoms with van der Waals surface area (Å²) in [6.45, 7) is 2.81. The van der Waals surface area contributed by atoms with E-state index in [0.717, 1.165) is 10.5 Å². The van der Waals surface area contributed by atoms with Gasteiger partial charge in [-0.2, -0.15) is 0 Å². The Morgan fingerprint density at radius 1 is 0.969 bits per heavy atom. The van der Waals surface area contributed by atoms with Gasteiger partial charge in [-0.25, -0.2) is 8.42 Å². The molecular weight excluding hydrogens is 440 g/mol. The molecule has 0 radical (unpaired) electrons. The number of para-hydroxylation sites is 1. The molecule has 0 aliphatic rings. The fourth-order valence-electron chi connectivity index (χ4n) is 3.39. The Labute approximate surface area is 194 Å². The first-order chi connectivity index (χ1) is 15.3. The van der Waals surface area contributed by atoms with Crippen molar-refractivity contribution < 1.29 is 13.2 Å². The summed E-state index contributed by atoms with van der Waals surface area (Å²) < 4.78 is 26.4. The van der Waals surface area contributed by atoms with Crippen molar-refractivity contribution in [1.82, 2.24) is 5.32 Å². The number of carbonyl (C=O) groups is 1. The Kier molecular flexibility index (Phi) is 7.99. The van der Waals surface area contributed by atoms with Crippen molar-refractivity contribution in [3.05, 3.63) is 95.6 Å². The second kappa shape index (κ2) is 10.7. The molecule has 168 valence electrons. The maximum atomic E-state index is 12.6. The quantitative estimate of drug-likeness (QED) is 0.453. The summed E-state index contributed by atoms with van der Waals surface area (Å²) in [5, 5.41) is 2.97. The average molecular weight is 469 g/mol. The minimum Gasteiger partial charge on any atom is -0.351 e. The molecule has 5 nitrogen and oxygen atoms in total. The van der Waals surface area contributed by atoms with Crippen LogP contribution in [0.5, 0.6) is 0 Å². The summed E-state index contributed by atoms with van der Waals surface area (Å²) in [4.78, 5) is 13.4. The maximum Gasteiger partial charge on any atom is 0.251 e. The van der Waals surface area contributed by atoms with Crippen LogP contribution >= 0.6 is 11.8 Å². The van der Waals surface area contributed by atoms with E-state index < -0.39 is 10.0 Å². The van der Waals surface area contributed by atoms with Crippen molar-refractivity contribution in [3.8, 4) is 0 Å². The van der Waals surface area contributed by atoms with Crippen LogP contribution < -0.4 is 9.62 Å². The zero-order valence-electron chi connectivity index (χ0n) is 18.5. The molecule has 0 unspecified atom stereocenters. The molecule has 1 atom stereocenters. The molecule has 7 heteroatoms. The van der Waals surface area contributed by atoms with Crippen LogP contribution in [0.1, 0.15) is 34.3 Å². The first-order valence-corrected chi connectivity index (χ1v) is 13.4. The van der Waals surface area contributed by atoms with Gasteiger partial charge in [0.15, 0.2) is 0 Å². The van der Waals surface area contributed by atoms with E-state index >= 15 is 0 Å². The van der Waals surface area contributed by atoms with Gasteiger partial charge in [-0.3, -0.25) is 9.10 Å². The lowest BCUT2D eigenvalue weighted by Crippen LogP contribution is -2.30. The molecule has 0 saturated heterocycles. The van der Waals surface area contributed by atoms with Crippen LogP contribution in [0.15, 0.2) is 83.8 Å². The number of nitrogens with one attached hydrogen (secondary N) is 1. The van der Waals surface area contributed by atoms with Crippen LogP contribution in [0.4, 0.5) is 5.69 Å². The SMILES string of the molecule is CSc1ccccc1N(Cc1ccc(C(=O)NC[C@H](C)c2ccccc2)cc1)S(C)(=O)=O. The van der Waals surface area contributed by atoms with E-state index in [9.17, 15) is 13.2 Å². The van der Waals surface area contributed by atoms with Crippen LogP contribution in [0.2, 0.25) is 0 Å². The number of hydrogen-bond acceptors (Lipinski definition) is 4. The second-order valence-corrected chi connectivity index (χ2v) is 10.4. The first kappa shape index (κ1) is 23.9. The Morgan fingerprint density at radius 2 is 1.59 bits per heavy atom. The lowest BCUT2D eigenvalue weighted by molar-refractivity contribution is 0.0951. The molecule has 1 N–H and O–H groups in total. The minimum atomic E-state index is -3.48. The largest absolute Gasteiger partial charge is 0.351 e. The molecule has 0 aliphatic heterocycles. The van der Waals surface area contributed by atoms with Gasteiger partial charge in [0.1, 0.15) is 0 Å². The number of amides is 1. The number of nitrogens with zero attached hydrogens (tertiary/aromatic N) is 1. The van der Waals surface area contributed by atoms with Gasteiger partial charge in [0.25, 0.3) is 5.91 Å². The average Bonchev–Trinajstić information content (AvgIpc) is 2.81. The number of carbonyl (C=O) groups excluding carboxylic acids is 1. The fourth-order valence-corrected chi connectivity index (χ4v) is 4.95. The van der Waals surface area contributed by atoms with Crippen molar-refractivity contribution in [2.45, 2.75) is 24.3 Å². The van der Waals surface area contributed by atoms with Crippen LogP contribution in [0, 0.1) is 0 Å². The third-order valence-corrected chi connectivity index (χ3v) is 7.15. The highest BCUT2D eigenvalue weighted by molar-refractivity contribution is 7.99. The van der Waals surface area contributed by atoms with Gasteiger partial charge in [-0.05, 0) is 47.6 Å². The molecule has 3 aromatic rings. The van der Waals surface area contributed by atoms with Gasteiger partial charge >= 0.3 is 0 Å². The van der Waals surface area contributed by atoms with Crippen molar-refractivity contribution >= 4 is 33.4 Å². The highest BCUT2D eigenvalue weighted by Crippen LogP contribution is 2.31. The molecule has 0 spiro atoms. The molecule has 3 aromatic carbocycles. The van der Waals surface area contributed by atoms with Crippen molar-refractivity contribution in [3.63, 3.8) is 0 Å². The van der Waals surface area contributed by atoms with Crippen molar-refractivity contribution in [1.29, 1.82) is 0 Å². The molecular formula is C25H28N2O3S2. The normalized spacial score (nSPS) is 12.2.